The maximum Gasteiger partial charge on any atom is 0.193 e. The number of carbonyl (C=O) groups is 1. The molecule has 0 radical (unpaired) electrons. The maximum atomic E-state index is 13.0. The Bertz CT molecular complexity index is 1950. The number of aromatic nitrogens is 2. The van der Waals surface area contributed by atoms with Gasteiger partial charge in [0, 0.05) is 38.6 Å². The molecule has 0 fully saturated rings. The summed E-state index contributed by atoms with van der Waals surface area (Å²) in [5.41, 5.74) is 6.02. The van der Waals surface area contributed by atoms with Crippen LogP contribution in [0.25, 0.3) is 55.4 Å². The highest BCUT2D eigenvalue weighted by Gasteiger charge is 2.20. The van der Waals surface area contributed by atoms with Crippen molar-refractivity contribution in [3.63, 3.8) is 0 Å². The Hall–Kier alpha value is -4.99. The van der Waals surface area contributed by atoms with Crippen molar-refractivity contribution < 1.29 is 4.79 Å². The molecule has 190 valence electrons. The number of hydrogen-bond donors (Lipinski definition) is 1. The summed E-state index contributed by atoms with van der Waals surface area (Å²) in [5.74, 6) is 0.766. The molecule has 6 aromatic carbocycles. The van der Waals surface area contributed by atoms with E-state index in [4.69, 9.17) is 16.6 Å². The third kappa shape index (κ3) is 4.08. The Morgan fingerprint density at radius 1 is 0.550 bits per heavy atom. The van der Waals surface area contributed by atoms with Gasteiger partial charge in [-0.25, -0.2) is 4.98 Å². The van der Waals surface area contributed by atoms with Crippen LogP contribution in [0.3, 0.4) is 0 Å². The lowest BCUT2D eigenvalue weighted by molar-refractivity contribution is 0.103. The summed E-state index contributed by atoms with van der Waals surface area (Å²) in [4.78, 5) is 21.9. The van der Waals surface area contributed by atoms with Gasteiger partial charge in [0.15, 0.2) is 5.78 Å². The predicted octanol–water partition coefficient (Wildman–Crippen LogP) is 9.60. The van der Waals surface area contributed by atoms with Gasteiger partial charge >= 0.3 is 0 Å². The first-order valence-electron chi connectivity index (χ1n) is 13.1. The van der Waals surface area contributed by atoms with E-state index >= 15 is 0 Å². The molecule has 1 N–H and O–H groups in total. The van der Waals surface area contributed by atoms with Crippen LogP contribution in [0.15, 0.2) is 133 Å². The summed E-state index contributed by atoms with van der Waals surface area (Å²) < 4.78 is 0. The number of nitrogens with one attached hydrogen (secondary N) is 1. The minimum Gasteiger partial charge on any atom is -0.337 e. The molecule has 0 amide bonds. The second-order valence-corrected chi connectivity index (χ2v) is 10.1. The summed E-state index contributed by atoms with van der Waals surface area (Å²) in [7, 11) is 0. The predicted molar refractivity (Wildman–Crippen MR) is 165 cm³/mol. The summed E-state index contributed by atoms with van der Waals surface area (Å²) >= 11 is 6.89. The molecule has 4 heteroatoms. The van der Waals surface area contributed by atoms with Crippen molar-refractivity contribution in [1.82, 2.24) is 9.97 Å². The number of nitrogens with zero attached hydrogens (tertiary/aromatic N) is 1. The molecule has 0 spiro atoms. The van der Waals surface area contributed by atoms with Crippen molar-refractivity contribution >= 4 is 38.9 Å². The molecule has 1 heterocycles. The monoisotopic (exact) mass is 534 g/mol. The first-order chi connectivity index (χ1) is 19.7. The number of carbonyl (C=O) groups excluding carboxylic acids is 1. The van der Waals surface area contributed by atoms with Crippen molar-refractivity contribution in [3.05, 3.63) is 150 Å². The van der Waals surface area contributed by atoms with E-state index in [2.05, 4.69) is 41.4 Å². The standard InChI is InChI=1S/C36H23ClN2O/c37-32-29-17-9-7-15-27(29)31(28-16-8-10-18-30(28)32)36-38-33(23-11-3-1-4-12-23)34(39-36)24-19-21-26(22-20-24)35(40)25-13-5-2-6-14-25/h1-22H,(H,38,39). The maximum absolute atomic E-state index is 13.0. The number of fused-ring (bicyclic) bond motifs is 2. The Morgan fingerprint density at radius 3 is 1.65 bits per heavy atom. The molecule has 0 aliphatic rings. The number of H-pyrrole nitrogens is 1. The summed E-state index contributed by atoms with van der Waals surface area (Å²) in [6.45, 7) is 0. The number of halogens is 1. The minimum absolute atomic E-state index is 0.000151. The molecule has 0 unspecified atom stereocenters. The SMILES string of the molecule is O=C(c1ccccc1)c1ccc(-c2[nH]c(-c3c4ccccc4c(Cl)c4ccccc34)nc2-c2ccccc2)cc1. The van der Waals surface area contributed by atoms with Crippen LogP contribution < -0.4 is 0 Å². The molecule has 7 aromatic rings. The Kier molecular flexibility index (Phi) is 5.99. The normalized spacial score (nSPS) is 11.2. The zero-order chi connectivity index (χ0) is 27.1. The van der Waals surface area contributed by atoms with E-state index in [1.165, 1.54) is 0 Å². The molecule has 7 rings (SSSR count). The minimum atomic E-state index is -0.000151. The highest BCUT2D eigenvalue weighted by molar-refractivity contribution is 6.42. The average Bonchev–Trinajstić information content (AvgIpc) is 3.47. The molecule has 0 aliphatic heterocycles. The van der Waals surface area contributed by atoms with Crippen LogP contribution in [0.2, 0.25) is 5.02 Å². The number of aromatic amines is 1. The van der Waals surface area contributed by atoms with E-state index < -0.39 is 0 Å². The molecule has 0 saturated carbocycles. The highest BCUT2D eigenvalue weighted by Crippen LogP contribution is 2.42. The van der Waals surface area contributed by atoms with E-state index in [1.54, 1.807) is 0 Å². The number of rotatable bonds is 5. The lowest BCUT2D eigenvalue weighted by Gasteiger charge is -2.12. The quantitative estimate of drug-likeness (QED) is 0.176. The Balaban J connectivity index is 1.43. The molecular weight excluding hydrogens is 512 g/mol. The van der Waals surface area contributed by atoms with Crippen LogP contribution in [-0.2, 0) is 0 Å². The summed E-state index contributed by atoms with van der Waals surface area (Å²) in [5, 5.41) is 4.79. The van der Waals surface area contributed by atoms with Crippen molar-refractivity contribution in [1.29, 1.82) is 0 Å². The smallest absolute Gasteiger partial charge is 0.193 e. The topological polar surface area (TPSA) is 45.8 Å². The van der Waals surface area contributed by atoms with E-state index in [0.717, 1.165) is 60.5 Å². The van der Waals surface area contributed by atoms with Gasteiger partial charge in [-0.1, -0.05) is 145 Å². The number of imidazole rings is 1. The van der Waals surface area contributed by atoms with Crippen LogP contribution in [0.4, 0.5) is 0 Å². The van der Waals surface area contributed by atoms with E-state index in [-0.39, 0.29) is 5.78 Å². The lowest BCUT2D eigenvalue weighted by atomic mass is 9.96. The Morgan fingerprint density at radius 2 is 1.05 bits per heavy atom. The molecule has 0 saturated heterocycles. The van der Waals surface area contributed by atoms with Crippen molar-refractivity contribution in [2.24, 2.45) is 0 Å². The van der Waals surface area contributed by atoms with Gasteiger partial charge < -0.3 is 4.98 Å². The van der Waals surface area contributed by atoms with Gasteiger partial charge in [-0.05, 0) is 10.8 Å². The van der Waals surface area contributed by atoms with Gasteiger partial charge in [-0.2, -0.15) is 0 Å². The van der Waals surface area contributed by atoms with Gasteiger partial charge in [0.05, 0.1) is 16.4 Å². The fourth-order valence-electron chi connectivity index (χ4n) is 5.38. The molecule has 1 aromatic heterocycles. The van der Waals surface area contributed by atoms with Gasteiger partial charge in [0.25, 0.3) is 0 Å². The van der Waals surface area contributed by atoms with Gasteiger partial charge in [0.2, 0.25) is 0 Å². The first-order valence-corrected chi connectivity index (χ1v) is 13.5. The summed E-state index contributed by atoms with van der Waals surface area (Å²) in [6, 6.07) is 43.6. The largest absolute Gasteiger partial charge is 0.337 e. The van der Waals surface area contributed by atoms with Crippen molar-refractivity contribution in [2.45, 2.75) is 0 Å². The first kappa shape index (κ1) is 24.1. The van der Waals surface area contributed by atoms with Gasteiger partial charge in [-0.3, -0.25) is 4.79 Å². The fraction of sp³-hybridized carbons (Fsp3) is 0. The van der Waals surface area contributed by atoms with Crippen LogP contribution >= 0.6 is 11.6 Å². The van der Waals surface area contributed by atoms with Crippen LogP contribution in [0.1, 0.15) is 15.9 Å². The van der Waals surface area contributed by atoms with Crippen molar-refractivity contribution in [3.8, 4) is 33.9 Å². The molecule has 0 bridgehead atoms. The number of ketones is 1. The lowest BCUT2D eigenvalue weighted by Crippen LogP contribution is -2.00. The second-order valence-electron chi connectivity index (χ2n) is 9.73. The van der Waals surface area contributed by atoms with E-state index in [9.17, 15) is 4.79 Å². The van der Waals surface area contributed by atoms with Gasteiger partial charge in [-0.15, -0.1) is 0 Å². The molecule has 0 aliphatic carbocycles. The molecule has 0 atom stereocenters. The number of hydrogen-bond acceptors (Lipinski definition) is 2. The zero-order valence-corrected chi connectivity index (χ0v) is 22.2. The van der Waals surface area contributed by atoms with Crippen LogP contribution in [0, 0.1) is 0 Å². The fourth-order valence-corrected chi connectivity index (χ4v) is 5.71. The Labute approximate surface area is 236 Å². The van der Waals surface area contributed by atoms with E-state index in [0.29, 0.717) is 11.1 Å². The second kappa shape index (κ2) is 9.96. The zero-order valence-electron chi connectivity index (χ0n) is 21.4. The molecule has 40 heavy (non-hydrogen) atoms. The molecular formula is C36H23ClN2O. The van der Waals surface area contributed by atoms with Gasteiger partial charge in [0.1, 0.15) is 5.82 Å². The molecule has 3 nitrogen and oxygen atoms in total. The summed E-state index contributed by atoms with van der Waals surface area (Å²) in [6.07, 6.45) is 0. The third-order valence-electron chi connectivity index (χ3n) is 7.33. The van der Waals surface area contributed by atoms with Crippen LogP contribution in [0.5, 0.6) is 0 Å². The van der Waals surface area contributed by atoms with Crippen molar-refractivity contribution in [2.75, 3.05) is 0 Å². The van der Waals surface area contributed by atoms with Crippen LogP contribution in [-0.4, -0.2) is 15.8 Å². The average molecular weight is 535 g/mol. The number of benzene rings is 6. The third-order valence-corrected chi connectivity index (χ3v) is 7.73. The van der Waals surface area contributed by atoms with E-state index in [1.807, 2.05) is 97.1 Å². The highest BCUT2D eigenvalue weighted by atomic mass is 35.5.